The third kappa shape index (κ3) is 4.45. The van der Waals surface area contributed by atoms with Gasteiger partial charge in [-0.05, 0) is 36.4 Å². The highest BCUT2D eigenvalue weighted by Gasteiger charge is 2.24. The summed E-state index contributed by atoms with van der Waals surface area (Å²) in [5.41, 5.74) is 6.01. The van der Waals surface area contributed by atoms with Crippen LogP contribution in [0.4, 0.5) is 0 Å². The summed E-state index contributed by atoms with van der Waals surface area (Å²) in [5.74, 6) is 0.439. The van der Waals surface area contributed by atoms with Crippen LogP contribution in [0.3, 0.4) is 0 Å². The Labute approximate surface area is 290 Å². The quantitative estimate of drug-likeness (QED) is 0.188. The molecule has 7 heteroatoms. The number of nitriles is 3. The predicted octanol–water partition coefficient (Wildman–Crippen LogP) is 10.6. The number of nitrogens with zero attached hydrogens (tertiary/aromatic N) is 6. The monoisotopic (exact) mass is 654 g/mol. The van der Waals surface area contributed by atoms with E-state index >= 15 is 0 Å². The molecule has 0 fully saturated rings. The third-order valence-electron chi connectivity index (χ3n) is 9.12. The fraction of sp³-hybridized carbons (Fsp3) is 0. The molecule has 0 atom stereocenters. The normalized spacial score (nSPS) is 11.1. The van der Waals surface area contributed by atoms with E-state index in [0.717, 1.165) is 37.6 Å². The molecule has 0 aliphatic carbocycles. The van der Waals surface area contributed by atoms with E-state index in [-0.39, 0.29) is 5.56 Å². The smallest absolute Gasteiger partial charge is 0.160 e. The van der Waals surface area contributed by atoms with Crippen molar-refractivity contribution in [3.05, 3.63) is 150 Å². The summed E-state index contributed by atoms with van der Waals surface area (Å²) in [6, 6.07) is 50.6. The van der Waals surface area contributed by atoms with Gasteiger partial charge in [0.15, 0.2) is 5.82 Å². The van der Waals surface area contributed by atoms with Crippen molar-refractivity contribution in [2.24, 2.45) is 0 Å². The van der Waals surface area contributed by atoms with Gasteiger partial charge in [-0.25, -0.2) is 9.97 Å². The molecule has 0 aliphatic rings. The number of aromatic nitrogens is 3. The summed E-state index contributed by atoms with van der Waals surface area (Å²) in [5, 5.41) is 36.5. The van der Waals surface area contributed by atoms with Crippen LogP contribution in [0.25, 0.3) is 81.6 Å². The van der Waals surface area contributed by atoms with Crippen molar-refractivity contribution in [2.75, 3.05) is 0 Å². The van der Waals surface area contributed by atoms with Gasteiger partial charge in [0, 0.05) is 47.6 Å². The zero-order valence-electron chi connectivity index (χ0n) is 26.3. The fourth-order valence-electron chi connectivity index (χ4n) is 6.91. The van der Waals surface area contributed by atoms with Gasteiger partial charge >= 0.3 is 0 Å². The largest absolute Gasteiger partial charge is 0.307 e. The molecule has 0 N–H and O–H groups in total. The molecule has 9 rings (SSSR count). The minimum Gasteiger partial charge on any atom is -0.307 e. The van der Waals surface area contributed by atoms with Crippen molar-refractivity contribution in [1.29, 1.82) is 15.8 Å². The molecule has 6 aromatic carbocycles. The van der Waals surface area contributed by atoms with Crippen molar-refractivity contribution >= 4 is 53.3 Å². The molecule has 0 bridgehead atoms. The molecule has 9 aromatic rings. The van der Waals surface area contributed by atoms with E-state index in [2.05, 4.69) is 54.6 Å². The van der Waals surface area contributed by atoms with Gasteiger partial charge in [-0.3, -0.25) is 0 Å². The Morgan fingerprint density at radius 3 is 1.76 bits per heavy atom. The van der Waals surface area contributed by atoms with Crippen LogP contribution < -0.4 is 0 Å². The van der Waals surface area contributed by atoms with E-state index in [1.807, 2.05) is 89.5 Å². The fourth-order valence-corrected chi connectivity index (χ4v) is 8.03. The number of rotatable bonds is 4. The van der Waals surface area contributed by atoms with Gasteiger partial charge < -0.3 is 4.57 Å². The van der Waals surface area contributed by atoms with E-state index in [9.17, 15) is 15.8 Å². The van der Waals surface area contributed by atoms with E-state index < -0.39 is 0 Å². The lowest BCUT2D eigenvalue weighted by molar-refractivity contribution is 1.15. The summed E-state index contributed by atoms with van der Waals surface area (Å²) in [7, 11) is 0. The summed E-state index contributed by atoms with van der Waals surface area (Å²) >= 11 is 1.72. The van der Waals surface area contributed by atoms with Crippen LogP contribution in [0.2, 0.25) is 0 Å². The first-order chi connectivity index (χ1) is 24.7. The Bertz CT molecular complexity index is 2920. The molecular formula is C43H22N6S. The first-order valence-corrected chi connectivity index (χ1v) is 16.7. The van der Waals surface area contributed by atoms with Crippen molar-refractivity contribution in [1.82, 2.24) is 14.5 Å². The highest BCUT2D eigenvalue weighted by atomic mass is 32.1. The summed E-state index contributed by atoms with van der Waals surface area (Å²) in [4.78, 5) is 9.77. The molecule has 6 nitrogen and oxygen atoms in total. The molecule has 0 spiro atoms. The number of benzene rings is 6. The summed E-state index contributed by atoms with van der Waals surface area (Å²) < 4.78 is 4.36. The van der Waals surface area contributed by atoms with E-state index in [0.29, 0.717) is 39.6 Å². The molecule has 3 heterocycles. The van der Waals surface area contributed by atoms with E-state index in [4.69, 9.17) is 9.97 Å². The van der Waals surface area contributed by atoms with Crippen LogP contribution in [0.5, 0.6) is 0 Å². The molecule has 3 aromatic heterocycles. The lowest BCUT2D eigenvalue weighted by Gasteiger charge is -2.16. The first kappa shape index (κ1) is 29.1. The maximum absolute atomic E-state index is 10.7. The molecule has 0 radical (unpaired) electrons. The van der Waals surface area contributed by atoms with Gasteiger partial charge in [0.25, 0.3) is 0 Å². The lowest BCUT2D eigenvalue weighted by atomic mass is 9.96. The number of fused-ring (bicyclic) bond motifs is 6. The second kappa shape index (κ2) is 11.5. The van der Waals surface area contributed by atoms with Crippen molar-refractivity contribution in [3.8, 4) is 57.8 Å². The van der Waals surface area contributed by atoms with Crippen molar-refractivity contribution < 1.29 is 0 Å². The second-order valence-electron chi connectivity index (χ2n) is 11.9. The van der Waals surface area contributed by atoms with Crippen LogP contribution in [-0.2, 0) is 0 Å². The highest BCUT2D eigenvalue weighted by molar-refractivity contribution is 7.25. The Balaban J connectivity index is 1.34. The van der Waals surface area contributed by atoms with Gasteiger partial charge in [0.1, 0.15) is 23.8 Å². The van der Waals surface area contributed by atoms with Crippen LogP contribution in [-0.4, -0.2) is 14.5 Å². The molecule has 0 amide bonds. The van der Waals surface area contributed by atoms with Crippen LogP contribution in [0.15, 0.2) is 133 Å². The van der Waals surface area contributed by atoms with Crippen molar-refractivity contribution in [2.45, 2.75) is 0 Å². The molecule has 0 aliphatic heterocycles. The number of thiophene rings is 1. The molecule has 0 unspecified atom stereocenters. The van der Waals surface area contributed by atoms with Crippen LogP contribution in [0.1, 0.15) is 16.7 Å². The predicted molar refractivity (Wildman–Crippen MR) is 200 cm³/mol. The molecule has 50 heavy (non-hydrogen) atoms. The Morgan fingerprint density at radius 2 is 1.08 bits per heavy atom. The van der Waals surface area contributed by atoms with Gasteiger partial charge in [0.2, 0.25) is 0 Å². The van der Waals surface area contributed by atoms with Gasteiger partial charge in [-0.15, -0.1) is 11.3 Å². The zero-order valence-corrected chi connectivity index (χ0v) is 27.1. The molecular weight excluding hydrogens is 633 g/mol. The molecule has 0 saturated heterocycles. The minimum absolute atomic E-state index is 0.264. The average molecular weight is 655 g/mol. The second-order valence-corrected chi connectivity index (χ2v) is 13.0. The Morgan fingerprint density at radius 1 is 0.480 bits per heavy atom. The van der Waals surface area contributed by atoms with Gasteiger partial charge in [0.05, 0.1) is 39.2 Å². The van der Waals surface area contributed by atoms with Crippen molar-refractivity contribution in [3.63, 3.8) is 0 Å². The van der Waals surface area contributed by atoms with Gasteiger partial charge in [-0.1, -0.05) is 97.1 Å². The van der Waals surface area contributed by atoms with E-state index in [1.54, 1.807) is 23.5 Å². The third-order valence-corrected chi connectivity index (χ3v) is 10.3. The van der Waals surface area contributed by atoms with E-state index in [1.165, 1.54) is 15.5 Å². The number of para-hydroxylation sites is 1. The summed E-state index contributed by atoms with van der Waals surface area (Å²) in [6.45, 7) is 0. The zero-order chi connectivity index (χ0) is 33.8. The maximum atomic E-state index is 10.7. The Kier molecular flexibility index (Phi) is 6.71. The molecule has 0 saturated carbocycles. The van der Waals surface area contributed by atoms with Crippen LogP contribution >= 0.6 is 11.3 Å². The molecule has 230 valence electrons. The number of hydrogen-bond acceptors (Lipinski definition) is 6. The van der Waals surface area contributed by atoms with Crippen LogP contribution in [0, 0.1) is 34.0 Å². The topological polar surface area (TPSA) is 102 Å². The summed E-state index contributed by atoms with van der Waals surface area (Å²) in [6.07, 6.45) is 0. The lowest BCUT2D eigenvalue weighted by Crippen LogP contribution is -2.04. The van der Waals surface area contributed by atoms with Gasteiger partial charge in [-0.2, -0.15) is 15.8 Å². The minimum atomic E-state index is 0.264. The number of hydrogen-bond donors (Lipinski definition) is 0. The first-order valence-electron chi connectivity index (χ1n) is 15.9. The Hall–Kier alpha value is -7.11. The average Bonchev–Trinajstić information content (AvgIpc) is 3.71. The highest BCUT2D eigenvalue weighted by Crippen LogP contribution is 2.42. The maximum Gasteiger partial charge on any atom is 0.160 e. The standard InChI is InChI=1S/C43H22N6S/c44-23-29-19-28(41-35(25-46)40(26-11-3-1-4-12-26)47-43(48-41)27-13-5-2-6-14-27)20-30(24-45)42(29)49-36-17-9-7-15-31(36)33-21-34-32-16-8-10-18-38(32)50-39(34)22-37(33)49/h1-22H. The SMILES string of the molecule is N#Cc1cc(-c2nc(-c3ccccc3)nc(-c3ccccc3)c2C#N)cc(C#N)c1-n1c2ccccc2c2cc3c(cc21)sc1ccccc13.